The van der Waals surface area contributed by atoms with Crippen molar-refractivity contribution in [3.63, 3.8) is 0 Å². The van der Waals surface area contributed by atoms with E-state index in [0.29, 0.717) is 48.4 Å². The molecule has 2 N–H and O–H groups in total. The number of rotatable bonds is 7. The third-order valence-corrected chi connectivity index (χ3v) is 9.82. The zero-order valence-corrected chi connectivity index (χ0v) is 20.6. The van der Waals surface area contributed by atoms with Gasteiger partial charge in [0.25, 0.3) is 0 Å². The topological polar surface area (TPSA) is 99.3 Å². The van der Waals surface area contributed by atoms with Gasteiger partial charge in [-0.05, 0) is 48.6 Å². The zero-order chi connectivity index (χ0) is 22.3. The molecule has 0 radical (unpaired) electrons. The number of sulfone groups is 1. The molecule has 1 aromatic carbocycles. The van der Waals surface area contributed by atoms with Gasteiger partial charge < -0.3 is 4.98 Å². The molecular weight excluding hydrogens is 469 g/mol. The van der Waals surface area contributed by atoms with Crippen molar-refractivity contribution in [2.24, 2.45) is 0 Å². The third-order valence-electron chi connectivity index (χ3n) is 5.34. The second-order valence-electron chi connectivity index (χ2n) is 8.98. The Kier molecular flexibility index (Phi) is 6.72. The number of aromatic amines is 1. The smallest absolute Gasteiger partial charge is 0.310 e. The van der Waals surface area contributed by atoms with E-state index in [1.54, 1.807) is 6.07 Å². The number of hydrogen-bond acceptors (Lipinski definition) is 5. The van der Waals surface area contributed by atoms with Crippen molar-refractivity contribution in [2.45, 2.75) is 49.5 Å². The Labute approximate surface area is 182 Å². The quantitative estimate of drug-likeness (QED) is 0.451. The van der Waals surface area contributed by atoms with E-state index in [2.05, 4.69) is 29.5 Å². The number of piperidine rings is 1. The molecule has 12 heteroatoms. The fourth-order valence-electron chi connectivity index (χ4n) is 3.77. The highest BCUT2D eigenvalue weighted by atomic mass is 35.7. The SMILES string of the molecule is C[Si](C)(C)CCS(=O)(=O)c1[nH]c2ccc(F)cc2c1C1CCN(NS(=O)(=O)Cl)CC1. The number of H-pyrrole nitrogens is 1. The second kappa shape index (κ2) is 8.51. The summed E-state index contributed by atoms with van der Waals surface area (Å²) in [6, 6.07) is 4.86. The van der Waals surface area contributed by atoms with Crippen molar-refractivity contribution in [3.8, 4) is 0 Å². The molecule has 0 unspecified atom stereocenters. The van der Waals surface area contributed by atoms with Gasteiger partial charge in [0, 0.05) is 42.7 Å². The van der Waals surface area contributed by atoms with Gasteiger partial charge in [-0.3, -0.25) is 0 Å². The average Bonchev–Trinajstić information content (AvgIpc) is 2.98. The number of hydrogen-bond donors (Lipinski definition) is 2. The highest BCUT2D eigenvalue weighted by Crippen LogP contribution is 2.38. The van der Waals surface area contributed by atoms with Gasteiger partial charge >= 0.3 is 9.24 Å². The predicted octanol–water partition coefficient (Wildman–Crippen LogP) is 3.59. The van der Waals surface area contributed by atoms with Crippen molar-refractivity contribution in [1.82, 2.24) is 14.8 Å². The third kappa shape index (κ3) is 5.83. The first-order chi connectivity index (χ1) is 13.8. The van der Waals surface area contributed by atoms with E-state index >= 15 is 0 Å². The van der Waals surface area contributed by atoms with Gasteiger partial charge in [-0.15, -0.1) is 4.83 Å². The minimum atomic E-state index is -3.89. The standard InChI is InChI=1S/C18H27ClFN3O4S2Si/c1-30(2,3)11-10-28(24,25)18-17(15-12-14(20)4-5-16(15)21-18)13-6-8-23(9-7-13)22-29(19,26)27/h4-5,12-13,21-22H,6-11H2,1-3H3. The predicted molar refractivity (Wildman–Crippen MR) is 120 cm³/mol. The number of nitrogens with zero attached hydrogens (tertiary/aromatic N) is 1. The Hall–Kier alpha value is -0.983. The summed E-state index contributed by atoms with van der Waals surface area (Å²) < 4.78 is 62.9. The van der Waals surface area contributed by atoms with Crippen LogP contribution in [0.1, 0.15) is 24.3 Å². The molecule has 30 heavy (non-hydrogen) atoms. The van der Waals surface area contributed by atoms with Crippen LogP contribution in [-0.2, 0) is 19.1 Å². The van der Waals surface area contributed by atoms with Gasteiger partial charge in [0.1, 0.15) is 10.8 Å². The molecule has 7 nitrogen and oxygen atoms in total. The fourth-order valence-corrected chi connectivity index (χ4v) is 9.16. The maximum Gasteiger partial charge on any atom is 0.310 e. The minimum Gasteiger partial charge on any atom is -0.345 e. The lowest BCUT2D eigenvalue weighted by Crippen LogP contribution is -2.44. The molecule has 0 atom stereocenters. The van der Waals surface area contributed by atoms with E-state index < -0.39 is 33.0 Å². The highest BCUT2D eigenvalue weighted by molar-refractivity contribution is 8.12. The molecule has 0 bridgehead atoms. The van der Waals surface area contributed by atoms with Gasteiger partial charge in [-0.25, -0.2) is 17.8 Å². The van der Waals surface area contributed by atoms with Crippen LogP contribution >= 0.6 is 10.7 Å². The van der Waals surface area contributed by atoms with E-state index in [9.17, 15) is 21.2 Å². The molecule has 168 valence electrons. The van der Waals surface area contributed by atoms with Crippen molar-refractivity contribution < 1.29 is 21.2 Å². The average molecular weight is 496 g/mol. The molecule has 3 rings (SSSR count). The highest BCUT2D eigenvalue weighted by Gasteiger charge is 2.32. The summed E-state index contributed by atoms with van der Waals surface area (Å²) in [6.45, 7) is 7.10. The summed E-state index contributed by atoms with van der Waals surface area (Å²) >= 11 is 0. The lowest BCUT2D eigenvalue weighted by atomic mass is 9.89. The molecule has 2 aromatic rings. The summed E-state index contributed by atoms with van der Waals surface area (Å²) in [7, 11) is -3.79. The van der Waals surface area contributed by atoms with E-state index in [1.165, 1.54) is 17.1 Å². The van der Waals surface area contributed by atoms with Crippen molar-refractivity contribution in [3.05, 3.63) is 29.6 Å². The molecule has 0 saturated carbocycles. The van der Waals surface area contributed by atoms with Crippen LogP contribution in [-0.4, -0.2) is 53.7 Å². The van der Waals surface area contributed by atoms with Crippen LogP contribution < -0.4 is 4.83 Å². The Balaban J connectivity index is 1.97. The Morgan fingerprint density at radius 3 is 2.40 bits per heavy atom. The molecular formula is C18H27ClFN3O4S2Si. The van der Waals surface area contributed by atoms with Gasteiger partial charge in [0.2, 0.25) is 0 Å². The molecule has 0 spiro atoms. The normalized spacial score (nSPS) is 17.6. The molecule has 0 aliphatic carbocycles. The maximum atomic E-state index is 14.0. The van der Waals surface area contributed by atoms with Crippen molar-refractivity contribution >= 4 is 48.7 Å². The molecule has 0 amide bonds. The number of aromatic nitrogens is 1. The molecule has 1 saturated heterocycles. The largest absolute Gasteiger partial charge is 0.345 e. The first-order valence-electron chi connectivity index (χ1n) is 9.76. The number of halogens is 2. The molecule has 1 aromatic heterocycles. The number of nitrogens with one attached hydrogen (secondary N) is 2. The summed E-state index contributed by atoms with van der Waals surface area (Å²) in [5.74, 6) is -0.523. The number of fused-ring (bicyclic) bond motifs is 1. The van der Waals surface area contributed by atoms with Crippen LogP contribution in [0.15, 0.2) is 23.2 Å². The van der Waals surface area contributed by atoms with Gasteiger partial charge in [-0.2, -0.15) is 8.42 Å². The van der Waals surface area contributed by atoms with Crippen LogP contribution in [0.5, 0.6) is 0 Å². The van der Waals surface area contributed by atoms with E-state index in [-0.39, 0.29) is 16.7 Å². The molecule has 2 heterocycles. The lowest BCUT2D eigenvalue weighted by molar-refractivity contribution is 0.186. The first kappa shape index (κ1) is 23.7. The Bertz CT molecular complexity index is 1140. The first-order valence-corrected chi connectivity index (χ1v) is 17.4. The monoisotopic (exact) mass is 495 g/mol. The van der Waals surface area contributed by atoms with Crippen molar-refractivity contribution in [2.75, 3.05) is 18.8 Å². The Morgan fingerprint density at radius 2 is 1.83 bits per heavy atom. The molecule has 1 aliphatic rings. The summed E-state index contributed by atoms with van der Waals surface area (Å²) in [6.07, 6.45) is 1.03. The van der Waals surface area contributed by atoms with Crippen LogP contribution in [0.3, 0.4) is 0 Å². The number of benzene rings is 1. The summed E-state index contributed by atoms with van der Waals surface area (Å²) in [4.78, 5) is 5.27. The van der Waals surface area contributed by atoms with Crippen LogP contribution in [0, 0.1) is 5.82 Å². The second-order valence-corrected chi connectivity index (χ2v) is 18.9. The van der Waals surface area contributed by atoms with E-state index in [0.717, 1.165) is 0 Å². The minimum absolute atomic E-state index is 0.0515. The molecule has 1 fully saturated rings. The van der Waals surface area contributed by atoms with Gasteiger partial charge in [0.05, 0.1) is 5.75 Å². The van der Waals surface area contributed by atoms with E-state index in [4.69, 9.17) is 10.7 Å². The van der Waals surface area contributed by atoms with Crippen LogP contribution in [0.4, 0.5) is 4.39 Å². The van der Waals surface area contributed by atoms with Crippen molar-refractivity contribution in [1.29, 1.82) is 0 Å². The Morgan fingerprint density at radius 1 is 1.20 bits per heavy atom. The fraction of sp³-hybridized carbons (Fsp3) is 0.556. The van der Waals surface area contributed by atoms with Gasteiger partial charge in [0.15, 0.2) is 9.84 Å². The summed E-state index contributed by atoms with van der Waals surface area (Å²) in [5, 5.41) is 2.23. The van der Waals surface area contributed by atoms with Crippen LogP contribution in [0.25, 0.3) is 10.9 Å². The van der Waals surface area contributed by atoms with Crippen LogP contribution in [0.2, 0.25) is 25.7 Å². The molecule has 1 aliphatic heterocycles. The number of hydrazine groups is 1. The summed E-state index contributed by atoms with van der Waals surface area (Å²) in [5.41, 5.74) is 1.19. The maximum absolute atomic E-state index is 14.0. The lowest BCUT2D eigenvalue weighted by Gasteiger charge is -2.31. The zero-order valence-electron chi connectivity index (χ0n) is 17.2. The van der Waals surface area contributed by atoms with E-state index in [1.807, 2.05) is 0 Å². The van der Waals surface area contributed by atoms with Gasteiger partial charge in [-0.1, -0.05) is 19.6 Å².